The van der Waals surface area contributed by atoms with Crippen LogP contribution in [0, 0.1) is 0 Å². The Bertz CT molecular complexity index is 994. The Balaban J connectivity index is 1.65. The Labute approximate surface area is 150 Å². The fourth-order valence-electron chi connectivity index (χ4n) is 3.56. The summed E-state index contributed by atoms with van der Waals surface area (Å²) in [5.74, 6) is 0.569. The van der Waals surface area contributed by atoms with Gasteiger partial charge in [-0.3, -0.25) is 14.7 Å². The van der Waals surface area contributed by atoms with E-state index >= 15 is 0 Å². The Hall–Kier alpha value is -3.09. The van der Waals surface area contributed by atoms with Crippen molar-refractivity contribution in [3.63, 3.8) is 0 Å². The average molecular weight is 352 g/mol. The van der Waals surface area contributed by atoms with Crippen molar-refractivity contribution < 1.29 is 9.53 Å². The summed E-state index contributed by atoms with van der Waals surface area (Å²) in [6, 6.07) is 7.15. The molecule has 0 radical (unpaired) electrons. The van der Waals surface area contributed by atoms with Gasteiger partial charge in [-0.1, -0.05) is 0 Å². The number of aromatic amines is 2. The number of hydrogen-bond acceptors (Lipinski definition) is 4. The highest BCUT2D eigenvalue weighted by Crippen LogP contribution is 2.26. The quantitative estimate of drug-likeness (QED) is 0.756. The number of pyridine rings is 1. The molecule has 1 aromatic carbocycles. The summed E-state index contributed by atoms with van der Waals surface area (Å²) in [5.41, 5.74) is 1.60. The molecule has 26 heavy (non-hydrogen) atoms. The van der Waals surface area contributed by atoms with E-state index in [0.717, 1.165) is 18.5 Å². The van der Waals surface area contributed by atoms with Crippen LogP contribution in [0.1, 0.15) is 34.8 Å². The Kier molecular flexibility index (Phi) is 4.20. The third-order valence-electron chi connectivity index (χ3n) is 4.99. The van der Waals surface area contributed by atoms with E-state index in [2.05, 4.69) is 15.2 Å². The van der Waals surface area contributed by atoms with Crippen molar-refractivity contribution in [3.8, 4) is 5.75 Å². The summed E-state index contributed by atoms with van der Waals surface area (Å²) in [6.45, 7) is 1.23. The number of H-pyrrole nitrogens is 2. The van der Waals surface area contributed by atoms with E-state index in [1.165, 1.54) is 6.20 Å². The first-order chi connectivity index (χ1) is 12.7. The highest BCUT2D eigenvalue weighted by atomic mass is 16.5. The summed E-state index contributed by atoms with van der Waals surface area (Å²) >= 11 is 0. The molecule has 0 bridgehead atoms. The number of rotatable bonds is 3. The minimum absolute atomic E-state index is 0.163. The van der Waals surface area contributed by atoms with E-state index in [-0.39, 0.29) is 22.8 Å². The smallest absolute Gasteiger partial charge is 0.259 e. The number of benzene rings is 1. The molecule has 134 valence electrons. The second kappa shape index (κ2) is 6.67. The van der Waals surface area contributed by atoms with Gasteiger partial charge in [0.15, 0.2) is 0 Å². The fraction of sp³-hybridized carbons (Fsp3) is 0.316. The zero-order valence-electron chi connectivity index (χ0n) is 14.5. The summed E-state index contributed by atoms with van der Waals surface area (Å²) in [6.07, 6.45) is 5.13. The maximum absolute atomic E-state index is 13.0. The third kappa shape index (κ3) is 2.85. The first-order valence-electron chi connectivity index (χ1n) is 8.65. The van der Waals surface area contributed by atoms with Gasteiger partial charge in [-0.15, -0.1) is 0 Å². The average Bonchev–Trinajstić information content (AvgIpc) is 3.23. The number of nitrogens with one attached hydrogen (secondary N) is 2. The molecule has 0 aliphatic carbocycles. The molecule has 0 spiro atoms. The van der Waals surface area contributed by atoms with Gasteiger partial charge >= 0.3 is 0 Å². The van der Waals surface area contributed by atoms with Gasteiger partial charge < -0.3 is 14.6 Å². The van der Waals surface area contributed by atoms with E-state index in [9.17, 15) is 9.59 Å². The van der Waals surface area contributed by atoms with E-state index in [1.54, 1.807) is 36.4 Å². The van der Waals surface area contributed by atoms with Gasteiger partial charge in [0.25, 0.3) is 5.91 Å². The minimum atomic E-state index is -0.272. The van der Waals surface area contributed by atoms with Crippen LogP contribution in [0.3, 0.4) is 0 Å². The number of likely N-dealkylation sites (tertiary alicyclic amines) is 1. The molecule has 1 saturated heterocycles. The molecule has 1 fully saturated rings. The lowest BCUT2D eigenvalue weighted by molar-refractivity contribution is 0.0704. The van der Waals surface area contributed by atoms with Crippen LogP contribution in [-0.4, -0.2) is 46.2 Å². The second-order valence-corrected chi connectivity index (χ2v) is 6.55. The molecule has 0 saturated carbocycles. The number of carbonyl (C=O) groups excluding carboxylic acids is 1. The number of ether oxygens (including phenoxy) is 1. The van der Waals surface area contributed by atoms with E-state index in [1.807, 2.05) is 6.07 Å². The maximum Gasteiger partial charge on any atom is 0.259 e. The van der Waals surface area contributed by atoms with Gasteiger partial charge in [-0.05, 0) is 37.1 Å². The van der Waals surface area contributed by atoms with Crippen molar-refractivity contribution in [2.45, 2.75) is 18.8 Å². The molecule has 7 nitrogen and oxygen atoms in total. The zero-order valence-corrected chi connectivity index (χ0v) is 14.5. The van der Waals surface area contributed by atoms with Crippen molar-refractivity contribution in [1.29, 1.82) is 0 Å². The minimum Gasteiger partial charge on any atom is -0.497 e. The first kappa shape index (κ1) is 16.4. The van der Waals surface area contributed by atoms with Crippen LogP contribution in [0.25, 0.3) is 10.9 Å². The van der Waals surface area contributed by atoms with Crippen LogP contribution in [0.4, 0.5) is 0 Å². The molecular formula is C19H20N4O3. The van der Waals surface area contributed by atoms with E-state index < -0.39 is 0 Å². The Morgan fingerprint density at radius 1 is 1.35 bits per heavy atom. The molecule has 3 heterocycles. The standard InChI is InChI=1S/C19H20N4O3/c1-26-13-4-5-17-14(9-13)18(24)15(10-20-17)19(25)23-8-2-3-12(11-23)16-6-7-21-22-16/h4-7,9-10,12H,2-3,8,11H2,1H3,(H,20,24)(H,21,22). The molecule has 1 unspecified atom stereocenters. The highest BCUT2D eigenvalue weighted by molar-refractivity contribution is 5.97. The van der Waals surface area contributed by atoms with Gasteiger partial charge in [0.2, 0.25) is 5.43 Å². The number of hydrogen-bond donors (Lipinski definition) is 2. The van der Waals surface area contributed by atoms with Crippen molar-refractivity contribution in [3.05, 3.63) is 58.1 Å². The number of aromatic nitrogens is 3. The molecule has 7 heteroatoms. The van der Waals surface area contributed by atoms with E-state index in [0.29, 0.717) is 29.7 Å². The predicted molar refractivity (Wildman–Crippen MR) is 97.6 cm³/mol. The molecule has 1 aliphatic heterocycles. The lowest BCUT2D eigenvalue weighted by atomic mass is 9.94. The van der Waals surface area contributed by atoms with Crippen molar-refractivity contribution >= 4 is 16.8 Å². The van der Waals surface area contributed by atoms with Gasteiger partial charge in [0, 0.05) is 48.0 Å². The number of carbonyl (C=O) groups is 1. The van der Waals surface area contributed by atoms with Crippen LogP contribution < -0.4 is 10.2 Å². The summed E-state index contributed by atoms with van der Waals surface area (Å²) in [7, 11) is 1.55. The van der Waals surface area contributed by atoms with Crippen LogP contribution in [0.5, 0.6) is 5.75 Å². The van der Waals surface area contributed by atoms with Gasteiger partial charge in [-0.25, -0.2) is 0 Å². The molecule has 1 atom stereocenters. The van der Waals surface area contributed by atoms with Crippen LogP contribution in [0.15, 0.2) is 41.5 Å². The fourth-order valence-corrected chi connectivity index (χ4v) is 3.56. The molecule has 1 amide bonds. The van der Waals surface area contributed by atoms with Gasteiger partial charge in [-0.2, -0.15) is 5.10 Å². The van der Waals surface area contributed by atoms with Crippen molar-refractivity contribution in [2.75, 3.05) is 20.2 Å². The molecule has 2 aromatic heterocycles. The maximum atomic E-state index is 13.0. The van der Waals surface area contributed by atoms with Crippen molar-refractivity contribution in [2.24, 2.45) is 0 Å². The van der Waals surface area contributed by atoms with Gasteiger partial charge in [0.05, 0.1) is 7.11 Å². The monoisotopic (exact) mass is 352 g/mol. The van der Waals surface area contributed by atoms with Crippen LogP contribution >= 0.6 is 0 Å². The predicted octanol–water partition coefficient (Wildman–Crippen LogP) is 2.28. The van der Waals surface area contributed by atoms with Crippen LogP contribution in [-0.2, 0) is 0 Å². The second-order valence-electron chi connectivity index (χ2n) is 6.55. The Morgan fingerprint density at radius 2 is 2.23 bits per heavy atom. The van der Waals surface area contributed by atoms with Crippen LogP contribution in [0.2, 0.25) is 0 Å². The molecule has 3 aromatic rings. The van der Waals surface area contributed by atoms with Crippen molar-refractivity contribution in [1.82, 2.24) is 20.1 Å². The lowest BCUT2D eigenvalue weighted by Gasteiger charge is -2.32. The number of piperidine rings is 1. The first-order valence-corrected chi connectivity index (χ1v) is 8.65. The lowest BCUT2D eigenvalue weighted by Crippen LogP contribution is -2.41. The number of methoxy groups -OCH3 is 1. The Morgan fingerprint density at radius 3 is 3.00 bits per heavy atom. The molecule has 4 rings (SSSR count). The number of nitrogens with zero attached hydrogens (tertiary/aromatic N) is 2. The molecular weight excluding hydrogens is 332 g/mol. The largest absolute Gasteiger partial charge is 0.497 e. The third-order valence-corrected chi connectivity index (χ3v) is 4.99. The topological polar surface area (TPSA) is 91.1 Å². The SMILES string of the molecule is COc1ccc2[nH]cc(C(=O)N3CCCC(c4ccn[nH]4)C3)c(=O)c2c1. The number of amides is 1. The van der Waals surface area contributed by atoms with E-state index in [4.69, 9.17) is 4.74 Å². The summed E-state index contributed by atoms with van der Waals surface area (Å²) in [5, 5.41) is 7.44. The molecule has 1 aliphatic rings. The normalized spacial score (nSPS) is 17.4. The number of fused-ring (bicyclic) bond motifs is 1. The highest BCUT2D eigenvalue weighted by Gasteiger charge is 2.27. The summed E-state index contributed by atoms with van der Waals surface area (Å²) < 4.78 is 5.19. The molecule has 2 N–H and O–H groups in total. The van der Waals surface area contributed by atoms with Gasteiger partial charge in [0.1, 0.15) is 11.3 Å². The zero-order chi connectivity index (χ0) is 18.1. The summed E-state index contributed by atoms with van der Waals surface area (Å²) in [4.78, 5) is 30.6.